The maximum absolute atomic E-state index is 12.7. The molecule has 1 atom stereocenters. The van der Waals surface area contributed by atoms with Crippen LogP contribution >= 0.6 is 0 Å². The van der Waals surface area contributed by atoms with Crippen molar-refractivity contribution in [2.45, 2.75) is 45.6 Å². The second-order valence-electron chi connectivity index (χ2n) is 8.15. The minimum absolute atomic E-state index is 0.0805. The van der Waals surface area contributed by atoms with Gasteiger partial charge in [0.2, 0.25) is 5.91 Å². The van der Waals surface area contributed by atoms with Gasteiger partial charge in [-0.1, -0.05) is 42.5 Å². The number of amides is 2. The summed E-state index contributed by atoms with van der Waals surface area (Å²) in [4.78, 5) is 37.8. The summed E-state index contributed by atoms with van der Waals surface area (Å²) >= 11 is 0. The molecule has 2 aromatic rings. The van der Waals surface area contributed by atoms with Crippen LogP contribution in [0.15, 0.2) is 54.6 Å². The maximum Gasteiger partial charge on any atom is 0.311 e. The Balaban J connectivity index is 1.42. The fourth-order valence-electron chi connectivity index (χ4n) is 3.93. The molecule has 0 saturated carbocycles. The molecule has 6 heteroatoms. The van der Waals surface area contributed by atoms with Crippen LogP contribution in [0.25, 0.3) is 0 Å². The van der Waals surface area contributed by atoms with Crippen LogP contribution in [-0.2, 0) is 32.0 Å². The topological polar surface area (TPSA) is 75.7 Å². The minimum atomic E-state index is -0.795. The largest absolute Gasteiger partial charge is 0.452 e. The van der Waals surface area contributed by atoms with Crippen LogP contribution in [0.2, 0.25) is 0 Å². The lowest BCUT2D eigenvalue weighted by Gasteiger charge is -2.33. The molecule has 0 spiro atoms. The van der Waals surface area contributed by atoms with Crippen molar-refractivity contribution < 1.29 is 19.1 Å². The van der Waals surface area contributed by atoms with E-state index in [0.717, 1.165) is 24.8 Å². The summed E-state index contributed by atoms with van der Waals surface area (Å²) in [6.07, 6.45) is 2.24. The van der Waals surface area contributed by atoms with E-state index < -0.39 is 12.1 Å². The van der Waals surface area contributed by atoms with Crippen LogP contribution in [0, 0.1) is 5.92 Å². The molecule has 164 valence electrons. The highest BCUT2D eigenvalue weighted by Crippen LogP contribution is 2.22. The van der Waals surface area contributed by atoms with E-state index >= 15 is 0 Å². The Labute approximate surface area is 183 Å². The molecule has 0 bridgehead atoms. The fourth-order valence-corrected chi connectivity index (χ4v) is 3.93. The van der Waals surface area contributed by atoms with E-state index in [1.54, 1.807) is 31.2 Å². The summed E-state index contributed by atoms with van der Waals surface area (Å²) in [5.41, 5.74) is 2.77. The van der Waals surface area contributed by atoms with Gasteiger partial charge in [0.1, 0.15) is 0 Å². The fraction of sp³-hybridized carbons (Fsp3) is 0.400. The summed E-state index contributed by atoms with van der Waals surface area (Å²) in [5.74, 6) is -0.145. The number of carbonyl (C=O) groups is 3. The molecular formula is C25H30N2O4. The Hall–Kier alpha value is -3.15. The predicted octanol–water partition coefficient (Wildman–Crippen LogP) is 3.60. The number of likely N-dealkylation sites (tertiary alicyclic amines) is 1. The summed E-state index contributed by atoms with van der Waals surface area (Å²) in [6.45, 7) is 4.47. The Bertz CT molecular complexity index is 887. The zero-order valence-electron chi connectivity index (χ0n) is 18.2. The van der Waals surface area contributed by atoms with Crippen molar-refractivity contribution in [2.75, 3.05) is 18.4 Å². The molecule has 1 heterocycles. The van der Waals surface area contributed by atoms with E-state index in [9.17, 15) is 14.4 Å². The van der Waals surface area contributed by atoms with Crippen molar-refractivity contribution >= 4 is 23.5 Å². The first kappa shape index (κ1) is 22.5. The molecule has 1 aliphatic heterocycles. The molecule has 2 amide bonds. The van der Waals surface area contributed by atoms with Crippen molar-refractivity contribution in [2.24, 2.45) is 5.92 Å². The number of ether oxygens (including phenoxy) is 1. The number of piperidine rings is 1. The number of anilines is 1. The van der Waals surface area contributed by atoms with Gasteiger partial charge in [-0.3, -0.25) is 14.4 Å². The first-order chi connectivity index (χ1) is 14.9. The molecule has 1 saturated heterocycles. The van der Waals surface area contributed by atoms with Gasteiger partial charge in [0, 0.05) is 25.7 Å². The molecular weight excluding hydrogens is 392 g/mol. The molecule has 2 aromatic carbocycles. The average molecular weight is 423 g/mol. The normalized spacial score (nSPS) is 15.2. The second kappa shape index (κ2) is 10.8. The van der Waals surface area contributed by atoms with Crippen molar-refractivity contribution in [3.63, 3.8) is 0 Å². The third-order valence-electron chi connectivity index (χ3n) is 5.57. The third kappa shape index (κ3) is 6.95. The monoisotopic (exact) mass is 422 g/mol. The molecule has 31 heavy (non-hydrogen) atoms. The SMILES string of the molecule is CC(=O)Nc1ccc(CC(=O)O[C@@H](C)C(=O)N2CCC(Cc3ccccc3)CC2)cc1. The van der Waals surface area contributed by atoms with Gasteiger partial charge < -0.3 is 15.0 Å². The van der Waals surface area contributed by atoms with E-state index in [2.05, 4.69) is 29.6 Å². The molecule has 0 aliphatic carbocycles. The van der Waals surface area contributed by atoms with Gasteiger partial charge in [0.05, 0.1) is 6.42 Å². The molecule has 3 rings (SSSR count). The van der Waals surface area contributed by atoms with Crippen molar-refractivity contribution in [1.29, 1.82) is 0 Å². The number of carbonyl (C=O) groups excluding carboxylic acids is 3. The Morgan fingerprint density at radius 1 is 1.00 bits per heavy atom. The highest BCUT2D eigenvalue weighted by molar-refractivity contribution is 5.88. The summed E-state index contributed by atoms with van der Waals surface area (Å²) < 4.78 is 5.39. The number of nitrogens with zero attached hydrogens (tertiary/aromatic N) is 1. The zero-order chi connectivity index (χ0) is 22.2. The molecule has 1 fully saturated rings. The lowest BCUT2D eigenvalue weighted by molar-refractivity contribution is -0.159. The van der Waals surface area contributed by atoms with Crippen LogP contribution in [-0.4, -0.2) is 41.9 Å². The van der Waals surface area contributed by atoms with Gasteiger partial charge in [-0.25, -0.2) is 0 Å². The number of esters is 1. The highest BCUT2D eigenvalue weighted by atomic mass is 16.5. The molecule has 1 N–H and O–H groups in total. The summed E-state index contributed by atoms with van der Waals surface area (Å²) in [6, 6.07) is 17.4. The molecule has 0 aromatic heterocycles. The van der Waals surface area contributed by atoms with Gasteiger partial charge in [0.15, 0.2) is 6.10 Å². The Morgan fingerprint density at radius 3 is 2.26 bits per heavy atom. The Morgan fingerprint density at radius 2 is 1.65 bits per heavy atom. The molecule has 0 unspecified atom stereocenters. The van der Waals surface area contributed by atoms with Crippen molar-refractivity contribution in [3.8, 4) is 0 Å². The van der Waals surface area contributed by atoms with Gasteiger partial charge in [-0.05, 0) is 55.4 Å². The lowest BCUT2D eigenvalue weighted by Crippen LogP contribution is -2.44. The average Bonchev–Trinajstić information content (AvgIpc) is 2.75. The van der Waals surface area contributed by atoms with Crippen LogP contribution < -0.4 is 5.32 Å². The maximum atomic E-state index is 12.7. The number of hydrogen-bond donors (Lipinski definition) is 1. The first-order valence-electron chi connectivity index (χ1n) is 10.8. The number of benzene rings is 2. The number of hydrogen-bond acceptors (Lipinski definition) is 4. The van der Waals surface area contributed by atoms with Gasteiger partial charge in [0.25, 0.3) is 5.91 Å². The minimum Gasteiger partial charge on any atom is -0.452 e. The standard InChI is InChI=1S/C25H30N2O4/c1-18(31-24(29)17-21-8-10-23(11-9-21)26-19(2)28)25(30)27-14-12-22(13-15-27)16-20-6-4-3-5-7-20/h3-11,18,22H,12-17H2,1-2H3,(H,26,28)/t18-/m0/s1. The van der Waals surface area contributed by atoms with Crippen molar-refractivity contribution in [3.05, 3.63) is 65.7 Å². The summed E-state index contributed by atoms with van der Waals surface area (Å²) in [7, 11) is 0. The second-order valence-corrected chi connectivity index (χ2v) is 8.15. The molecule has 1 aliphatic rings. The van der Waals surface area contributed by atoms with E-state index in [4.69, 9.17) is 4.74 Å². The Kier molecular flexibility index (Phi) is 7.82. The van der Waals surface area contributed by atoms with Crippen LogP contribution in [0.1, 0.15) is 37.8 Å². The summed E-state index contributed by atoms with van der Waals surface area (Å²) in [5, 5.41) is 2.68. The van der Waals surface area contributed by atoms with Crippen LogP contribution in [0.5, 0.6) is 0 Å². The van der Waals surface area contributed by atoms with Gasteiger partial charge >= 0.3 is 5.97 Å². The molecule has 6 nitrogen and oxygen atoms in total. The van der Waals surface area contributed by atoms with Gasteiger partial charge in [-0.15, -0.1) is 0 Å². The third-order valence-corrected chi connectivity index (χ3v) is 5.57. The number of nitrogens with one attached hydrogen (secondary N) is 1. The predicted molar refractivity (Wildman–Crippen MR) is 119 cm³/mol. The van der Waals surface area contributed by atoms with E-state index in [-0.39, 0.29) is 18.2 Å². The quantitative estimate of drug-likeness (QED) is 0.692. The highest BCUT2D eigenvalue weighted by Gasteiger charge is 2.28. The van der Waals surface area contributed by atoms with Crippen LogP contribution in [0.4, 0.5) is 5.69 Å². The first-order valence-corrected chi connectivity index (χ1v) is 10.8. The van der Waals surface area contributed by atoms with E-state index in [0.29, 0.717) is 24.7 Å². The van der Waals surface area contributed by atoms with E-state index in [1.807, 2.05) is 11.0 Å². The van der Waals surface area contributed by atoms with E-state index in [1.165, 1.54) is 12.5 Å². The van der Waals surface area contributed by atoms with Crippen molar-refractivity contribution in [1.82, 2.24) is 4.90 Å². The zero-order valence-corrected chi connectivity index (χ0v) is 18.2. The lowest BCUT2D eigenvalue weighted by atomic mass is 9.90. The van der Waals surface area contributed by atoms with Crippen LogP contribution in [0.3, 0.4) is 0 Å². The smallest absolute Gasteiger partial charge is 0.311 e. The number of rotatable bonds is 7. The molecule has 0 radical (unpaired) electrons. The van der Waals surface area contributed by atoms with Gasteiger partial charge in [-0.2, -0.15) is 0 Å².